The van der Waals surface area contributed by atoms with Crippen LogP contribution in [0, 0.1) is 5.82 Å². The summed E-state index contributed by atoms with van der Waals surface area (Å²) in [6.07, 6.45) is 2.08. The van der Waals surface area contributed by atoms with Crippen LogP contribution in [0.3, 0.4) is 0 Å². The second-order valence-electron chi connectivity index (χ2n) is 4.54. The van der Waals surface area contributed by atoms with E-state index in [0.717, 1.165) is 25.9 Å². The first-order chi connectivity index (χ1) is 8.59. The van der Waals surface area contributed by atoms with E-state index in [1.165, 1.54) is 18.2 Å². The Kier molecular flexibility index (Phi) is 4.35. The van der Waals surface area contributed by atoms with Gasteiger partial charge in [-0.05, 0) is 53.5 Å². The molecule has 0 spiro atoms. The number of piperidine rings is 1. The summed E-state index contributed by atoms with van der Waals surface area (Å²) < 4.78 is 13.5. The Labute approximate surface area is 114 Å². The van der Waals surface area contributed by atoms with Crippen LogP contribution in [0.1, 0.15) is 23.2 Å². The van der Waals surface area contributed by atoms with Gasteiger partial charge in [-0.1, -0.05) is 0 Å². The quantitative estimate of drug-likeness (QED) is 0.909. The van der Waals surface area contributed by atoms with Crippen LogP contribution in [-0.2, 0) is 0 Å². The molecule has 0 bridgehead atoms. The number of likely N-dealkylation sites (N-methyl/N-ethyl adjacent to an activating group) is 1. The summed E-state index contributed by atoms with van der Waals surface area (Å²) >= 11 is 3.24. The van der Waals surface area contributed by atoms with Gasteiger partial charge in [-0.2, -0.15) is 0 Å². The summed E-state index contributed by atoms with van der Waals surface area (Å²) in [5.74, 6) is -0.420. The van der Waals surface area contributed by atoms with Crippen LogP contribution in [0.25, 0.3) is 0 Å². The van der Waals surface area contributed by atoms with Gasteiger partial charge in [0.25, 0.3) is 5.91 Å². The number of hydrogen-bond donors (Lipinski definition) is 1. The third-order valence-corrected chi connectivity index (χ3v) is 3.96. The van der Waals surface area contributed by atoms with Crippen molar-refractivity contribution in [1.29, 1.82) is 0 Å². The molecule has 1 fully saturated rings. The fourth-order valence-corrected chi connectivity index (χ4v) is 2.70. The predicted molar refractivity (Wildman–Crippen MR) is 72.1 cm³/mol. The summed E-state index contributed by atoms with van der Waals surface area (Å²) in [5.41, 5.74) is 0.504. The van der Waals surface area contributed by atoms with Gasteiger partial charge in [-0.15, -0.1) is 0 Å². The molecule has 1 unspecified atom stereocenters. The van der Waals surface area contributed by atoms with E-state index in [0.29, 0.717) is 10.0 Å². The van der Waals surface area contributed by atoms with Crippen molar-refractivity contribution < 1.29 is 9.18 Å². The largest absolute Gasteiger partial charge is 0.337 e. The Bertz CT molecular complexity index is 447. The van der Waals surface area contributed by atoms with Crippen molar-refractivity contribution in [3.63, 3.8) is 0 Å². The van der Waals surface area contributed by atoms with Crippen molar-refractivity contribution in [1.82, 2.24) is 10.2 Å². The van der Waals surface area contributed by atoms with Gasteiger partial charge in [0, 0.05) is 24.1 Å². The van der Waals surface area contributed by atoms with Gasteiger partial charge in [0.15, 0.2) is 0 Å². The summed E-state index contributed by atoms with van der Waals surface area (Å²) in [6, 6.07) is 4.36. The van der Waals surface area contributed by atoms with Crippen LogP contribution in [0.5, 0.6) is 0 Å². The monoisotopic (exact) mass is 314 g/mol. The summed E-state index contributed by atoms with van der Waals surface area (Å²) in [5, 5.41) is 3.28. The van der Waals surface area contributed by atoms with Crippen molar-refractivity contribution in [2.75, 3.05) is 20.1 Å². The smallest absolute Gasteiger partial charge is 0.255 e. The Hall–Kier alpha value is -0.940. The summed E-state index contributed by atoms with van der Waals surface area (Å²) in [6.45, 7) is 1.83. The van der Waals surface area contributed by atoms with Crippen molar-refractivity contribution in [3.05, 3.63) is 34.1 Å². The van der Waals surface area contributed by atoms with E-state index >= 15 is 0 Å². The highest BCUT2D eigenvalue weighted by atomic mass is 79.9. The molecule has 5 heteroatoms. The first kappa shape index (κ1) is 13.5. The average Bonchev–Trinajstić information content (AvgIpc) is 2.38. The maximum Gasteiger partial charge on any atom is 0.255 e. The third-order valence-electron chi connectivity index (χ3n) is 3.30. The van der Waals surface area contributed by atoms with Gasteiger partial charge in [0.05, 0.1) is 5.56 Å². The number of nitrogens with one attached hydrogen (secondary N) is 1. The molecule has 3 nitrogen and oxygen atoms in total. The molecule has 1 saturated heterocycles. The van der Waals surface area contributed by atoms with Gasteiger partial charge in [0.1, 0.15) is 5.82 Å². The molecule has 1 aliphatic rings. The van der Waals surface area contributed by atoms with Crippen molar-refractivity contribution >= 4 is 21.8 Å². The molecule has 1 N–H and O–H groups in total. The number of rotatable bonds is 2. The van der Waals surface area contributed by atoms with Gasteiger partial charge < -0.3 is 10.2 Å². The van der Waals surface area contributed by atoms with Crippen LogP contribution in [0.4, 0.5) is 4.39 Å². The molecule has 18 heavy (non-hydrogen) atoms. The topological polar surface area (TPSA) is 32.3 Å². The van der Waals surface area contributed by atoms with E-state index in [9.17, 15) is 9.18 Å². The molecule has 98 valence electrons. The van der Waals surface area contributed by atoms with Gasteiger partial charge >= 0.3 is 0 Å². The minimum absolute atomic E-state index is 0.0735. The Morgan fingerprint density at radius 2 is 2.33 bits per heavy atom. The van der Waals surface area contributed by atoms with Crippen molar-refractivity contribution in [2.45, 2.75) is 18.9 Å². The second kappa shape index (κ2) is 5.80. The van der Waals surface area contributed by atoms with Crippen molar-refractivity contribution in [2.24, 2.45) is 0 Å². The molecule has 1 amide bonds. The Morgan fingerprint density at radius 3 is 2.94 bits per heavy atom. The lowest BCUT2D eigenvalue weighted by atomic mass is 10.1. The maximum atomic E-state index is 13.0. The van der Waals surface area contributed by atoms with E-state index < -0.39 is 0 Å². The van der Waals surface area contributed by atoms with Crippen LogP contribution in [0.15, 0.2) is 22.7 Å². The number of benzene rings is 1. The molecule has 1 aliphatic heterocycles. The average molecular weight is 315 g/mol. The lowest BCUT2D eigenvalue weighted by Crippen LogP contribution is -2.46. The minimum Gasteiger partial charge on any atom is -0.337 e. The van der Waals surface area contributed by atoms with Crippen molar-refractivity contribution in [3.8, 4) is 0 Å². The highest BCUT2D eigenvalue weighted by Gasteiger charge is 2.24. The van der Waals surface area contributed by atoms with E-state index in [-0.39, 0.29) is 17.8 Å². The number of hydrogen-bond acceptors (Lipinski definition) is 2. The van der Waals surface area contributed by atoms with Gasteiger partial charge in [-0.3, -0.25) is 4.79 Å². The Morgan fingerprint density at radius 1 is 1.56 bits per heavy atom. The van der Waals surface area contributed by atoms with E-state index in [2.05, 4.69) is 21.2 Å². The lowest BCUT2D eigenvalue weighted by molar-refractivity contribution is 0.0707. The second-order valence-corrected chi connectivity index (χ2v) is 5.39. The standard InChI is InChI=1S/C13H16BrFN2O/c1-17(10-3-2-6-16-8-10)13(18)11-5-4-9(15)7-12(11)14/h4-5,7,10,16H,2-3,6,8H2,1H3. The zero-order valence-electron chi connectivity index (χ0n) is 10.2. The van der Waals surface area contributed by atoms with Crippen LogP contribution < -0.4 is 5.32 Å². The fourth-order valence-electron chi connectivity index (χ4n) is 2.18. The molecular formula is C13H16BrFN2O. The Balaban J connectivity index is 2.14. The zero-order chi connectivity index (χ0) is 13.1. The van der Waals surface area contributed by atoms with E-state index in [1.807, 2.05) is 0 Å². The highest BCUT2D eigenvalue weighted by molar-refractivity contribution is 9.10. The minimum atomic E-state index is -0.347. The number of carbonyl (C=O) groups is 1. The third kappa shape index (κ3) is 2.90. The molecule has 0 saturated carbocycles. The predicted octanol–water partition coefficient (Wildman–Crippen LogP) is 2.41. The van der Waals surface area contributed by atoms with Crippen LogP contribution in [-0.4, -0.2) is 37.0 Å². The molecule has 0 aliphatic carbocycles. The number of amides is 1. The first-order valence-corrected chi connectivity index (χ1v) is 6.82. The number of nitrogens with zero attached hydrogens (tertiary/aromatic N) is 1. The fraction of sp³-hybridized carbons (Fsp3) is 0.462. The molecule has 1 atom stereocenters. The zero-order valence-corrected chi connectivity index (χ0v) is 11.8. The molecule has 1 aromatic rings. The molecule has 1 heterocycles. The molecule has 2 rings (SSSR count). The number of halogens is 2. The van der Waals surface area contributed by atoms with Crippen LogP contribution >= 0.6 is 15.9 Å². The molecular weight excluding hydrogens is 299 g/mol. The summed E-state index contributed by atoms with van der Waals surface area (Å²) in [7, 11) is 1.80. The highest BCUT2D eigenvalue weighted by Crippen LogP contribution is 2.21. The first-order valence-electron chi connectivity index (χ1n) is 6.02. The van der Waals surface area contributed by atoms with E-state index in [1.54, 1.807) is 11.9 Å². The van der Waals surface area contributed by atoms with Gasteiger partial charge in [-0.25, -0.2) is 4.39 Å². The normalized spacial score (nSPS) is 19.6. The lowest BCUT2D eigenvalue weighted by Gasteiger charge is -2.32. The van der Waals surface area contributed by atoms with Gasteiger partial charge in [0.2, 0.25) is 0 Å². The number of carbonyl (C=O) groups excluding carboxylic acids is 1. The molecule has 0 radical (unpaired) electrons. The SMILES string of the molecule is CN(C(=O)c1ccc(F)cc1Br)C1CCCNC1. The van der Waals surface area contributed by atoms with Crippen LogP contribution in [0.2, 0.25) is 0 Å². The molecule has 0 aromatic heterocycles. The maximum absolute atomic E-state index is 13.0. The molecule has 1 aromatic carbocycles. The summed E-state index contributed by atoms with van der Waals surface area (Å²) in [4.78, 5) is 14.1. The van der Waals surface area contributed by atoms with E-state index in [4.69, 9.17) is 0 Å².